The maximum atomic E-state index is 12.2. The van der Waals surface area contributed by atoms with Gasteiger partial charge in [0.15, 0.2) is 5.82 Å². The summed E-state index contributed by atoms with van der Waals surface area (Å²) in [6, 6.07) is 14.8. The molecule has 0 atom stereocenters. The van der Waals surface area contributed by atoms with Crippen LogP contribution < -0.4 is 11.4 Å². The third-order valence-corrected chi connectivity index (χ3v) is 4.06. The van der Waals surface area contributed by atoms with E-state index in [1.54, 1.807) is 12.1 Å². The van der Waals surface area contributed by atoms with Gasteiger partial charge in [0, 0.05) is 15.4 Å². The van der Waals surface area contributed by atoms with Crippen molar-refractivity contribution in [2.75, 3.05) is 5.73 Å². The monoisotopic (exact) mass is 367 g/mol. The Kier molecular flexibility index (Phi) is 3.12. The van der Waals surface area contributed by atoms with Gasteiger partial charge in [-0.2, -0.15) is 0 Å². The Morgan fingerprint density at radius 2 is 1.87 bits per heavy atom. The first kappa shape index (κ1) is 13.9. The molecule has 0 aliphatic rings. The van der Waals surface area contributed by atoms with Crippen LogP contribution in [-0.4, -0.2) is 9.97 Å². The van der Waals surface area contributed by atoms with Crippen molar-refractivity contribution >= 4 is 43.6 Å². The van der Waals surface area contributed by atoms with Gasteiger partial charge in [0.25, 0.3) is 0 Å². The standard InChI is InChI=1S/C17H10BrN3O2/c18-10-5-3-4-9(8-10)16-20-14-11-6-1-2-7-12(11)23-17(22)13(14)15(19)21-16/h1-8H,(H2,19,20,21). The molecule has 0 fully saturated rings. The fourth-order valence-electron chi connectivity index (χ4n) is 2.53. The fourth-order valence-corrected chi connectivity index (χ4v) is 2.93. The molecule has 5 nitrogen and oxygen atoms in total. The summed E-state index contributed by atoms with van der Waals surface area (Å²) in [7, 11) is 0. The highest BCUT2D eigenvalue weighted by Gasteiger charge is 2.15. The lowest BCUT2D eigenvalue weighted by atomic mass is 10.1. The molecule has 0 bridgehead atoms. The van der Waals surface area contributed by atoms with Crippen LogP contribution in [0.4, 0.5) is 5.82 Å². The van der Waals surface area contributed by atoms with E-state index >= 15 is 0 Å². The van der Waals surface area contributed by atoms with Crippen molar-refractivity contribution in [2.24, 2.45) is 0 Å². The van der Waals surface area contributed by atoms with E-state index < -0.39 is 5.63 Å². The first-order chi connectivity index (χ1) is 11.1. The second-order valence-corrected chi connectivity index (χ2v) is 5.97. The Balaban J connectivity index is 2.14. The first-order valence-electron chi connectivity index (χ1n) is 6.88. The molecule has 4 aromatic rings. The van der Waals surface area contributed by atoms with Gasteiger partial charge in [-0.25, -0.2) is 14.8 Å². The second-order valence-electron chi connectivity index (χ2n) is 5.05. The molecule has 0 saturated carbocycles. The van der Waals surface area contributed by atoms with Gasteiger partial charge in [0.2, 0.25) is 0 Å². The predicted molar refractivity (Wildman–Crippen MR) is 93.1 cm³/mol. The third-order valence-electron chi connectivity index (χ3n) is 3.57. The maximum Gasteiger partial charge on any atom is 0.349 e. The van der Waals surface area contributed by atoms with Gasteiger partial charge < -0.3 is 10.2 Å². The van der Waals surface area contributed by atoms with Crippen LogP contribution in [0.1, 0.15) is 0 Å². The molecule has 0 unspecified atom stereocenters. The maximum absolute atomic E-state index is 12.2. The zero-order chi connectivity index (χ0) is 16.0. The Labute approximate surface area is 138 Å². The Bertz CT molecular complexity index is 1120. The van der Waals surface area contributed by atoms with Crippen molar-refractivity contribution in [1.29, 1.82) is 0 Å². The molecule has 0 saturated heterocycles. The molecule has 2 N–H and O–H groups in total. The summed E-state index contributed by atoms with van der Waals surface area (Å²) in [5.74, 6) is 0.580. The molecule has 2 aromatic carbocycles. The topological polar surface area (TPSA) is 82.0 Å². The van der Waals surface area contributed by atoms with Crippen LogP contribution >= 0.6 is 15.9 Å². The molecule has 112 valence electrons. The number of fused-ring (bicyclic) bond motifs is 3. The van der Waals surface area contributed by atoms with Gasteiger partial charge in [0.05, 0.1) is 5.52 Å². The number of hydrogen-bond donors (Lipinski definition) is 1. The van der Waals surface area contributed by atoms with Crippen LogP contribution in [0.25, 0.3) is 33.3 Å². The number of aromatic nitrogens is 2. The van der Waals surface area contributed by atoms with E-state index in [1.807, 2.05) is 36.4 Å². The molecular weight excluding hydrogens is 358 g/mol. The zero-order valence-corrected chi connectivity index (χ0v) is 13.4. The van der Waals surface area contributed by atoms with E-state index in [-0.39, 0.29) is 11.2 Å². The van der Waals surface area contributed by atoms with Crippen molar-refractivity contribution in [3.05, 3.63) is 63.4 Å². The minimum atomic E-state index is -0.531. The normalized spacial score (nSPS) is 11.2. The van der Waals surface area contributed by atoms with Crippen LogP contribution in [0.2, 0.25) is 0 Å². The minimum Gasteiger partial charge on any atom is -0.422 e. The van der Waals surface area contributed by atoms with Crippen molar-refractivity contribution in [2.45, 2.75) is 0 Å². The minimum absolute atomic E-state index is 0.115. The number of nitrogens with two attached hydrogens (primary N) is 1. The largest absolute Gasteiger partial charge is 0.422 e. The van der Waals surface area contributed by atoms with E-state index in [2.05, 4.69) is 25.9 Å². The highest BCUT2D eigenvalue weighted by molar-refractivity contribution is 9.10. The summed E-state index contributed by atoms with van der Waals surface area (Å²) >= 11 is 3.43. The van der Waals surface area contributed by atoms with E-state index in [1.165, 1.54) is 0 Å². The SMILES string of the molecule is Nc1nc(-c2cccc(Br)c2)nc2c1c(=O)oc1ccccc12. The lowest BCUT2D eigenvalue weighted by molar-refractivity contribution is 0.569. The van der Waals surface area contributed by atoms with E-state index in [4.69, 9.17) is 10.2 Å². The number of rotatable bonds is 1. The first-order valence-corrected chi connectivity index (χ1v) is 7.68. The average Bonchev–Trinajstić information content (AvgIpc) is 2.54. The Morgan fingerprint density at radius 3 is 2.70 bits per heavy atom. The number of nitrogen functional groups attached to an aromatic ring is 1. The summed E-state index contributed by atoms with van der Waals surface area (Å²) in [5.41, 5.74) is 7.26. The molecule has 0 aliphatic carbocycles. The highest BCUT2D eigenvalue weighted by Crippen LogP contribution is 2.27. The van der Waals surface area contributed by atoms with Crippen molar-refractivity contribution < 1.29 is 4.42 Å². The summed E-state index contributed by atoms with van der Waals surface area (Å²) in [5, 5.41) is 0.940. The number of anilines is 1. The van der Waals surface area contributed by atoms with Gasteiger partial charge in [-0.1, -0.05) is 40.2 Å². The average molecular weight is 368 g/mol. The number of benzene rings is 2. The van der Waals surface area contributed by atoms with Crippen molar-refractivity contribution in [3.8, 4) is 11.4 Å². The lowest BCUT2D eigenvalue weighted by Gasteiger charge is -2.07. The molecule has 0 aliphatic heterocycles. The highest BCUT2D eigenvalue weighted by atomic mass is 79.9. The van der Waals surface area contributed by atoms with Crippen LogP contribution in [0.3, 0.4) is 0 Å². The Morgan fingerprint density at radius 1 is 1.04 bits per heavy atom. The molecule has 2 aromatic heterocycles. The number of para-hydroxylation sites is 1. The molecule has 0 spiro atoms. The van der Waals surface area contributed by atoms with Crippen LogP contribution in [0.5, 0.6) is 0 Å². The van der Waals surface area contributed by atoms with Crippen LogP contribution in [0.15, 0.2) is 62.2 Å². The van der Waals surface area contributed by atoms with Crippen molar-refractivity contribution in [1.82, 2.24) is 9.97 Å². The van der Waals surface area contributed by atoms with Gasteiger partial charge in [-0.3, -0.25) is 0 Å². The summed E-state index contributed by atoms with van der Waals surface area (Å²) < 4.78 is 6.21. The van der Waals surface area contributed by atoms with E-state index in [9.17, 15) is 4.79 Å². The Hall–Kier alpha value is -2.73. The molecule has 2 heterocycles. The second kappa shape index (κ2) is 5.17. The number of hydrogen-bond acceptors (Lipinski definition) is 5. The predicted octanol–water partition coefficient (Wildman–Crippen LogP) is 3.75. The van der Waals surface area contributed by atoms with Gasteiger partial charge >= 0.3 is 5.63 Å². The van der Waals surface area contributed by atoms with Crippen LogP contribution in [0, 0.1) is 0 Å². The molecule has 4 rings (SSSR count). The zero-order valence-electron chi connectivity index (χ0n) is 11.8. The number of nitrogens with zero attached hydrogens (tertiary/aromatic N) is 2. The summed E-state index contributed by atoms with van der Waals surface area (Å²) in [6.45, 7) is 0. The fraction of sp³-hybridized carbons (Fsp3) is 0. The van der Waals surface area contributed by atoms with E-state index in [0.29, 0.717) is 16.9 Å². The lowest BCUT2D eigenvalue weighted by Crippen LogP contribution is -2.08. The molecule has 23 heavy (non-hydrogen) atoms. The summed E-state index contributed by atoms with van der Waals surface area (Å²) in [4.78, 5) is 21.0. The summed E-state index contributed by atoms with van der Waals surface area (Å²) in [6.07, 6.45) is 0. The van der Waals surface area contributed by atoms with Gasteiger partial charge in [-0.15, -0.1) is 0 Å². The van der Waals surface area contributed by atoms with Crippen molar-refractivity contribution in [3.63, 3.8) is 0 Å². The molecule has 0 radical (unpaired) electrons. The molecule has 6 heteroatoms. The van der Waals surface area contributed by atoms with Gasteiger partial charge in [-0.05, 0) is 24.3 Å². The quantitative estimate of drug-likeness (QED) is 0.409. The third kappa shape index (κ3) is 2.27. The molecular formula is C17H10BrN3O2. The number of halogens is 1. The molecule has 0 amide bonds. The van der Waals surface area contributed by atoms with Crippen LogP contribution in [-0.2, 0) is 0 Å². The smallest absolute Gasteiger partial charge is 0.349 e. The van der Waals surface area contributed by atoms with Gasteiger partial charge in [0.1, 0.15) is 16.8 Å². The van der Waals surface area contributed by atoms with E-state index in [0.717, 1.165) is 15.4 Å².